The highest BCUT2D eigenvalue weighted by Crippen LogP contribution is 2.41. The molecule has 3 rings (SSSR count). The Bertz CT molecular complexity index is 793. The molecule has 3 nitrogen and oxygen atoms in total. The van der Waals surface area contributed by atoms with Crippen molar-refractivity contribution in [1.82, 2.24) is 5.43 Å². The normalized spacial score (nSPS) is 27.0. The first-order chi connectivity index (χ1) is 12.0. The van der Waals surface area contributed by atoms with Gasteiger partial charge in [0.25, 0.3) is 0 Å². The van der Waals surface area contributed by atoms with E-state index in [0.717, 1.165) is 17.8 Å². The van der Waals surface area contributed by atoms with E-state index in [9.17, 15) is 0 Å². The lowest BCUT2D eigenvalue weighted by Gasteiger charge is -2.34. The summed E-state index contributed by atoms with van der Waals surface area (Å²) in [4.78, 5) is 5.07. The molecule has 0 aromatic heterocycles. The average Bonchev–Trinajstić information content (AvgIpc) is 2.59. The Kier molecular flexibility index (Phi) is 4.94. The fourth-order valence-corrected chi connectivity index (χ4v) is 3.69. The highest BCUT2D eigenvalue weighted by Gasteiger charge is 2.36. The maximum Gasteiger partial charge on any atom is 0.116 e. The van der Waals surface area contributed by atoms with Crippen LogP contribution in [-0.4, -0.2) is 23.5 Å². The average molecular weight is 335 g/mol. The first-order valence-electron chi connectivity index (χ1n) is 9.41. The van der Waals surface area contributed by atoms with E-state index < -0.39 is 0 Å². The quantitative estimate of drug-likeness (QED) is 0.768. The Morgan fingerprint density at radius 3 is 2.64 bits per heavy atom. The van der Waals surface area contributed by atoms with Gasteiger partial charge in [-0.25, -0.2) is 0 Å². The van der Waals surface area contributed by atoms with Crippen molar-refractivity contribution in [3.63, 3.8) is 0 Å². The van der Waals surface area contributed by atoms with Crippen molar-refractivity contribution in [3.05, 3.63) is 52.6 Å². The van der Waals surface area contributed by atoms with Crippen LogP contribution in [0.2, 0.25) is 0 Å². The lowest BCUT2D eigenvalue weighted by atomic mass is 9.73. The molecule has 0 spiro atoms. The van der Waals surface area contributed by atoms with E-state index in [1.807, 2.05) is 0 Å². The number of allylic oxidation sites excluding steroid dienone is 4. The number of benzene rings is 1. The second-order valence-corrected chi connectivity index (χ2v) is 7.25. The third-order valence-corrected chi connectivity index (χ3v) is 5.07. The fraction of sp³-hybridized carbons (Fsp3) is 0.455. The van der Waals surface area contributed by atoms with Crippen molar-refractivity contribution in [2.45, 2.75) is 66.0 Å². The molecule has 0 fully saturated rings. The van der Waals surface area contributed by atoms with Crippen molar-refractivity contribution in [2.75, 3.05) is 0 Å². The van der Waals surface area contributed by atoms with Gasteiger partial charge in [0.1, 0.15) is 5.71 Å². The predicted molar refractivity (Wildman–Crippen MR) is 109 cm³/mol. The summed E-state index contributed by atoms with van der Waals surface area (Å²) in [5.41, 5.74) is 11.7. The van der Waals surface area contributed by atoms with Crippen LogP contribution in [0.15, 0.2) is 46.0 Å². The summed E-state index contributed by atoms with van der Waals surface area (Å²) in [6.07, 6.45) is 5.46. The van der Waals surface area contributed by atoms with Crippen LogP contribution in [0.1, 0.15) is 70.6 Å². The molecule has 1 N–H and O–H groups in total. The summed E-state index contributed by atoms with van der Waals surface area (Å²) >= 11 is 0. The van der Waals surface area contributed by atoms with E-state index >= 15 is 0 Å². The molecule has 0 bridgehead atoms. The molecular weight excluding hydrogens is 306 g/mol. The zero-order valence-electron chi connectivity index (χ0n) is 16.2. The Balaban J connectivity index is 2.32. The van der Waals surface area contributed by atoms with Gasteiger partial charge in [-0.3, -0.25) is 4.99 Å². The van der Waals surface area contributed by atoms with Gasteiger partial charge in [0.2, 0.25) is 0 Å². The monoisotopic (exact) mass is 335 g/mol. The molecular formula is C22H29N3. The van der Waals surface area contributed by atoms with E-state index in [-0.39, 0.29) is 6.04 Å². The molecule has 2 aliphatic rings. The minimum absolute atomic E-state index is 0.261. The second kappa shape index (κ2) is 6.99. The molecule has 132 valence electrons. The van der Waals surface area contributed by atoms with Gasteiger partial charge in [-0.05, 0) is 50.8 Å². The SMILES string of the molecule is C\C=C1C(=C\CC)/C(=N/NC(C)C)C2=NC(C)C(C)c3cccc/1c32. The number of aliphatic imine (C=N–C) groups is 1. The first kappa shape index (κ1) is 17.7. The maximum absolute atomic E-state index is 5.07. The standard InChI is InChI=1S/C22H29N3/c1-7-10-19-16(8-2)18-12-9-11-17-14(5)15(6)23-22(20(17)18)21(19)25-24-13(3)4/h8-15,24H,7H2,1-6H3/b16-8-,19-10+,25-21-. The molecule has 25 heavy (non-hydrogen) atoms. The predicted octanol–water partition coefficient (Wildman–Crippen LogP) is 5.09. The van der Waals surface area contributed by atoms with Crippen LogP contribution in [-0.2, 0) is 0 Å². The van der Waals surface area contributed by atoms with E-state index in [4.69, 9.17) is 10.1 Å². The first-order valence-corrected chi connectivity index (χ1v) is 9.41. The number of hydrogen-bond donors (Lipinski definition) is 1. The zero-order chi connectivity index (χ0) is 18.1. The van der Waals surface area contributed by atoms with Crippen LogP contribution >= 0.6 is 0 Å². The summed E-state index contributed by atoms with van der Waals surface area (Å²) in [7, 11) is 0. The van der Waals surface area contributed by atoms with Gasteiger partial charge in [0.15, 0.2) is 0 Å². The highest BCUT2D eigenvalue weighted by molar-refractivity contribution is 6.59. The number of hydrazone groups is 1. The number of rotatable bonds is 3. The Labute approximate surface area is 151 Å². The van der Waals surface area contributed by atoms with Gasteiger partial charge in [-0.2, -0.15) is 5.10 Å². The molecule has 2 unspecified atom stereocenters. The van der Waals surface area contributed by atoms with E-state index in [2.05, 4.69) is 77.3 Å². The molecule has 1 aliphatic carbocycles. The fourth-order valence-electron chi connectivity index (χ4n) is 3.69. The van der Waals surface area contributed by atoms with E-state index in [1.54, 1.807) is 0 Å². The molecule has 0 amide bonds. The smallest absolute Gasteiger partial charge is 0.116 e. The maximum atomic E-state index is 5.07. The molecule has 3 heteroatoms. The molecule has 1 heterocycles. The molecule has 0 saturated carbocycles. The second-order valence-electron chi connectivity index (χ2n) is 7.25. The van der Waals surface area contributed by atoms with Gasteiger partial charge >= 0.3 is 0 Å². The Morgan fingerprint density at radius 2 is 2.00 bits per heavy atom. The minimum atomic E-state index is 0.261. The van der Waals surface area contributed by atoms with E-state index in [1.165, 1.54) is 27.8 Å². The Hall–Kier alpha value is -2.16. The molecule has 1 aliphatic heterocycles. The lowest BCUT2D eigenvalue weighted by Crippen LogP contribution is -2.35. The minimum Gasteiger partial charge on any atom is -0.307 e. The van der Waals surface area contributed by atoms with Crippen LogP contribution in [0.4, 0.5) is 0 Å². The summed E-state index contributed by atoms with van der Waals surface area (Å²) in [6, 6.07) is 7.22. The molecule has 2 atom stereocenters. The third kappa shape index (κ3) is 2.97. The van der Waals surface area contributed by atoms with Gasteiger partial charge < -0.3 is 5.43 Å². The van der Waals surface area contributed by atoms with Crippen molar-refractivity contribution in [2.24, 2.45) is 10.1 Å². The summed E-state index contributed by atoms with van der Waals surface area (Å²) in [6.45, 7) is 13.0. The van der Waals surface area contributed by atoms with Crippen molar-refractivity contribution >= 4 is 17.0 Å². The van der Waals surface area contributed by atoms with Gasteiger partial charge in [-0.1, -0.05) is 44.2 Å². The number of nitrogens with one attached hydrogen (secondary N) is 1. The zero-order valence-corrected chi connectivity index (χ0v) is 16.2. The molecule has 1 aromatic carbocycles. The topological polar surface area (TPSA) is 36.8 Å². The van der Waals surface area contributed by atoms with Crippen LogP contribution < -0.4 is 5.43 Å². The largest absolute Gasteiger partial charge is 0.307 e. The summed E-state index contributed by atoms with van der Waals surface area (Å²) in [5, 5.41) is 4.79. The van der Waals surface area contributed by atoms with Crippen molar-refractivity contribution in [3.8, 4) is 0 Å². The van der Waals surface area contributed by atoms with Gasteiger partial charge in [-0.15, -0.1) is 0 Å². The van der Waals surface area contributed by atoms with Gasteiger partial charge in [0.05, 0.1) is 11.8 Å². The highest BCUT2D eigenvalue weighted by atomic mass is 15.3. The van der Waals surface area contributed by atoms with Crippen LogP contribution in [0, 0.1) is 0 Å². The molecule has 0 radical (unpaired) electrons. The van der Waals surface area contributed by atoms with Gasteiger partial charge in [0, 0.05) is 23.1 Å². The van der Waals surface area contributed by atoms with Crippen LogP contribution in [0.5, 0.6) is 0 Å². The van der Waals surface area contributed by atoms with Crippen LogP contribution in [0.25, 0.3) is 5.57 Å². The van der Waals surface area contributed by atoms with Crippen molar-refractivity contribution < 1.29 is 0 Å². The molecule has 1 aromatic rings. The van der Waals surface area contributed by atoms with Crippen LogP contribution in [0.3, 0.4) is 0 Å². The summed E-state index contributed by atoms with van der Waals surface area (Å²) in [5.74, 6) is 0.424. The van der Waals surface area contributed by atoms with E-state index in [0.29, 0.717) is 12.0 Å². The number of hydrogen-bond acceptors (Lipinski definition) is 3. The summed E-state index contributed by atoms with van der Waals surface area (Å²) < 4.78 is 0. The van der Waals surface area contributed by atoms with Crippen molar-refractivity contribution in [1.29, 1.82) is 0 Å². The Morgan fingerprint density at radius 1 is 1.24 bits per heavy atom. The third-order valence-electron chi connectivity index (χ3n) is 5.07. The lowest BCUT2D eigenvalue weighted by molar-refractivity contribution is 0.604. The number of nitrogens with zero attached hydrogens (tertiary/aromatic N) is 2. The molecule has 0 saturated heterocycles.